The Bertz CT molecular complexity index is 797. The van der Waals surface area contributed by atoms with Crippen LogP contribution >= 0.6 is 0 Å². The molecule has 3 rings (SSSR count). The minimum absolute atomic E-state index is 0.314. The van der Waals surface area contributed by atoms with Crippen LogP contribution in [0.2, 0.25) is 0 Å². The fraction of sp³-hybridized carbons (Fsp3) is 0.0625. The highest BCUT2D eigenvalue weighted by molar-refractivity contribution is 6.04. The Hall–Kier alpha value is -3.02. The lowest BCUT2D eigenvalue weighted by molar-refractivity contribution is 0.102. The Morgan fingerprint density at radius 2 is 1.91 bits per heavy atom. The van der Waals surface area contributed by atoms with Crippen LogP contribution in [0.15, 0.2) is 55.0 Å². The number of amides is 1. The minimum atomic E-state index is -0.326. The van der Waals surface area contributed by atoms with Gasteiger partial charge in [-0.25, -0.2) is 9.37 Å². The topological polar surface area (TPSA) is 59.8 Å². The number of imidazole rings is 1. The van der Waals surface area contributed by atoms with Gasteiger partial charge in [-0.3, -0.25) is 9.78 Å². The summed E-state index contributed by atoms with van der Waals surface area (Å²) >= 11 is 0. The Balaban J connectivity index is 1.93. The van der Waals surface area contributed by atoms with E-state index < -0.39 is 0 Å². The van der Waals surface area contributed by atoms with Crippen LogP contribution in [-0.2, 0) is 7.05 Å². The molecule has 0 unspecified atom stereocenters. The highest BCUT2D eigenvalue weighted by Gasteiger charge is 2.15. The van der Waals surface area contributed by atoms with Crippen molar-refractivity contribution < 1.29 is 9.18 Å². The molecule has 0 saturated carbocycles. The number of nitrogens with one attached hydrogen (secondary N) is 1. The van der Waals surface area contributed by atoms with Crippen LogP contribution in [0, 0.1) is 5.82 Å². The third-order valence-electron chi connectivity index (χ3n) is 3.18. The highest BCUT2D eigenvalue weighted by atomic mass is 19.1. The number of aromatic nitrogens is 3. The van der Waals surface area contributed by atoms with E-state index in [4.69, 9.17) is 0 Å². The molecule has 6 heteroatoms. The van der Waals surface area contributed by atoms with E-state index in [0.29, 0.717) is 17.2 Å². The maximum absolute atomic E-state index is 13.0. The quantitative estimate of drug-likeness (QED) is 0.808. The van der Waals surface area contributed by atoms with Crippen LogP contribution in [0.1, 0.15) is 10.5 Å². The van der Waals surface area contributed by atoms with Crippen molar-refractivity contribution in [2.75, 3.05) is 5.32 Å². The van der Waals surface area contributed by atoms with E-state index in [1.165, 1.54) is 12.1 Å². The number of anilines is 1. The monoisotopic (exact) mass is 296 g/mol. The Morgan fingerprint density at radius 1 is 1.14 bits per heavy atom. The minimum Gasteiger partial charge on any atom is -0.320 e. The first-order valence-corrected chi connectivity index (χ1v) is 6.65. The van der Waals surface area contributed by atoms with Crippen molar-refractivity contribution in [3.63, 3.8) is 0 Å². The summed E-state index contributed by atoms with van der Waals surface area (Å²) in [6.07, 6.45) is 3.14. The Labute approximate surface area is 126 Å². The number of carbonyl (C=O) groups excluding carboxylic acids is 1. The summed E-state index contributed by atoms with van der Waals surface area (Å²) in [6, 6.07) is 11.1. The Morgan fingerprint density at radius 3 is 2.59 bits per heavy atom. The molecule has 0 aliphatic heterocycles. The number of rotatable bonds is 3. The molecule has 0 fully saturated rings. The predicted octanol–water partition coefficient (Wildman–Crippen LogP) is 2.87. The van der Waals surface area contributed by atoms with Gasteiger partial charge in [-0.15, -0.1) is 0 Å². The van der Waals surface area contributed by atoms with Gasteiger partial charge >= 0.3 is 0 Å². The van der Waals surface area contributed by atoms with Crippen LogP contribution in [-0.4, -0.2) is 20.4 Å². The van der Waals surface area contributed by atoms with E-state index >= 15 is 0 Å². The molecule has 2 heterocycles. The van der Waals surface area contributed by atoms with E-state index in [9.17, 15) is 9.18 Å². The summed E-state index contributed by atoms with van der Waals surface area (Å²) in [7, 11) is 1.77. The highest BCUT2D eigenvalue weighted by Crippen LogP contribution is 2.26. The molecular formula is C16H13FN4O. The zero-order valence-corrected chi connectivity index (χ0v) is 11.8. The van der Waals surface area contributed by atoms with Crippen molar-refractivity contribution >= 4 is 11.7 Å². The van der Waals surface area contributed by atoms with Gasteiger partial charge in [0.25, 0.3) is 5.91 Å². The second kappa shape index (κ2) is 5.77. The number of benzene rings is 1. The van der Waals surface area contributed by atoms with Crippen LogP contribution in [0.4, 0.5) is 10.2 Å². The first kappa shape index (κ1) is 13.9. The van der Waals surface area contributed by atoms with Gasteiger partial charge in [-0.1, -0.05) is 6.07 Å². The fourth-order valence-electron chi connectivity index (χ4n) is 2.07. The number of pyridine rings is 1. The molecule has 0 saturated heterocycles. The maximum Gasteiger partial charge on any atom is 0.275 e. The summed E-state index contributed by atoms with van der Waals surface area (Å²) in [4.78, 5) is 20.5. The average Bonchev–Trinajstić information content (AvgIpc) is 2.90. The van der Waals surface area contributed by atoms with Gasteiger partial charge in [0.1, 0.15) is 23.0 Å². The van der Waals surface area contributed by atoms with Gasteiger partial charge in [0.05, 0.1) is 6.33 Å². The van der Waals surface area contributed by atoms with Crippen molar-refractivity contribution in [1.82, 2.24) is 14.5 Å². The van der Waals surface area contributed by atoms with Crippen molar-refractivity contribution in [3.8, 4) is 11.3 Å². The van der Waals surface area contributed by atoms with Crippen molar-refractivity contribution in [2.24, 2.45) is 7.05 Å². The molecule has 110 valence electrons. The lowest BCUT2D eigenvalue weighted by Crippen LogP contribution is -2.16. The smallest absolute Gasteiger partial charge is 0.275 e. The SMILES string of the molecule is Cn1cnc(-c2ccc(F)cc2)c1NC(=O)c1ccccn1. The molecule has 0 spiro atoms. The lowest BCUT2D eigenvalue weighted by Gasteiger charge is -2.08. The molecular weight excluding hydrogens is 283 g/mol. The molecule has 1 N–H and O–H groups in total. The zero-order valence-electron chi connectivity index (χ0n) is 11.8. The molecule has 3 aromatic rings. The summed E-state index contributed by atoms with van der Waals surface area (Å²) in [5.74, 6) is -0.117. The number of hydrogen-bond donors (Lipinski definition) is 1. The first-order chi connectivity index (χ1) is 10.6. The van der Waals surface area contributed by atoms with Gasteiger partial charge in [0.15, 0.2) is 0 Å². The van der Waals surface area contributed by atoms with E-state index in [-0.39, 0.29) is 11.7 Å². The largest absolute Gasteiger partial charge is 0.320 e. The third-order valence-corrected chi connectivity index (χ3v) is 3.18. The fourth-order valence-corrected chi connectivity index (χ4v) is 2.07. The summed E-state index contributed by atoms with van der Waals surface area (Å²) < 4.78 is 14.7. The van der Waals surface area contributed by atoms with Gasteiger partial charge in [0, 0.05) is 18.8 Å². The van der Waals surface area contributed by atoms with Crippen LogP contribution in [0.25, 0.3) is 11.3 Å². The number of carbonyl (C=O) groups is 1. The normalized spacial score (nSPS) is 10.5. The summed E-state index contributed by atoms with van der Waals surface area (Å²) in [6.45, 7) is 0. The number of hydrogen-bond acceptors (Lipinski definition) is 3. The molecule has 0 bridgehead atoms. The molecule has 0 atom stereocenters. The van der Waals surface area contributed by atoms with Crippen LogP contribution < -0.4 is 5.32 Å². The molecule has 0 aliphatic rings. The van der Waals surface area contributed by atoms with E-state index in [1.807, 2.05) is 0 Å². The molecule has 0 radical (unpaired) electrons. The van der Waals surface area contributed by atoms with Crippen molar-refractivity contribution in [2.45, 2.75) is 0 Å². The average molecular weight is 296 g/mol. The lowest BCUT2D eigenvalue weighted by atomic mass is 10.1. The summed E-state index contributed by atoms with van der Waals surface area (Å²) in [5, 5.41) is 2.79. The molecule has 0 aliphatic carbocycles. The van der Waals surface area contributed by atoms with Gasteiger partial charge in [0.2, 0.25) is 0 Å². The van der Waals surface area contributed by atoms with Gasteiger partial charge < -0.3 is 9.88 Å². The molecule has 2 aromatic heterocycles. The molecule has 1 aromatic carbocycles. The zero-order chi connectivity index (χ0) is 15.5. The van der Waals surface area contributed by atoms with E-state index in [2.05, 4.69) is 15.3 Å². The second-order valence-corrected chi connectivity index (χ2v) is 4.73. The van der Waals surface area contributed by atoms with E-state index in [1.54, 1.807) is 54.5 Å². The summed E-state index contributed by atoms with van der Waals surface area (Å²) in [5.41, 5.74) is 1.61. The number of aryl methyl sites for hydroxylation is 1. The predicted molar refractivity (Wildman–Crippen MR) is 80.8 cm³/mol. The van der Waals surface area contributed by atoms with Crippen LogP contribution in [0.5, 0.6) is 0 Å². The number of halogens is 1. The van der Waals surface area contributed by atoms with Crippen LogP contribution in [0.3, 0.4) is 0 Å². The standard InChI is InChI=1S/C16H13FN4O/c1-21-10-19-14(11-5-7-12(17)8-6-11)15(21)20-16(22)13-4-2-3-9-18-13/h2-10H,1H3,(H,20,22). The third kappa shape index (κ3) is 2.71. The Kier molecular flexibility index (Phi) is 3.65. The molecule has 22 heavy (non-hydrogen) atoms. The van der Waals surface area contributed by atoms with Crippen molar-refractivity contribution in [1.29, 1.82) is 0 Å². The van der Waals surface area contributed by atoms with Gasteiger partial charge in [-0.05, 0) is 36.4 Å². The first-order valence-electron chi connectivity index (χ1n) is 6.65. The second-order valence-electron chi connectivity index (χ2n) is 4.73. The number of nitrogens with zero attached hydrogens (tertiary/aromatic N) is 3. The van der Waals surface area contributed by atoms with Crippen molar-refractivity contribution in [3.05, 3.63) is 66.5 Å². The molecule has 1 amide bonds. The molecule has 5 nitrogen and oxygen atoms in total. The van der Waals surface area contributed by atoms with Gasteiger partial charge in [-0.2, -0.15) is 0 Å². The van der Waals surface area contributed by atoms with E-state index in [0.717, 1.165) is 5.56 Å². The maximum atomic E-state index is 13.0.